The summed E-state index contributed by atoms with van der Waals surface area (Å²) in [5.41, 5.74) is -0.872. The molecule has 18 heavy (non-hydrogen) atoms. The summed E-state index contributed by atoms with van der Waals surface area (Å²) in [5.74, 6) is 0. The van der Waals surface area contributed by atoms with Crippen LogP contribution in [0.25, 0.3) is 0 Å². The third kappa shape index (κ3) is 3.39. The van der Waals surface area contributed by atoms with Gasteiger partial charge in [0.2, 0.25) is 0 Å². The molecule has 1 rings (SSSR count). The van der Waals surface area contributed by atoms with Gasteiger partial charge in [-0.1, -0.05) is 46.4 Å². The van der Waals surface area contributed by atoms with Crippen molar-refractivity contribution in [2.75, 3.05) is 0 Å². The minimum atomic E-state index is -1.73. The number of hydrogen-bond acceptors (Lipinski definition) is 3. The number of nitrogens with zero attached hydrogens (tertiary/aromatic N) is 2. The molecule has 0 fully saturated rings. The van der Waals surface area contributed by atoms with Gasteiger partial charge in [0.25, 0.3) is 8.68 Å². The Morgan fingerprint density at radius 2 is 1.72 bits per heavy atom. The molecular weight excluding hydrogens is 342 g/mol. The van der Waals surface area contributed by atoms with E-state index in [-0.39, 0.29) is 16.8 Å². The van der Waals surface area contributed by atoms with Crippen molar-refractivity contribution in [2.24, 2.45) is 0 Å². The normalized spacial score (nSPS) is 12.2. The third-order valence-electron chi connectivity index (χ3n) is 2.12. The van der Waals surface area contributed by atoms with Crippen LogP contribution in [0.4, 0.5) is 0 Å². The first-order chi connectivity index (χ1) is 8.06. The molecule has 1 aromatic heterocycles. The minimum absolute atomic E-state index is 0.0648. The highest BCUT2D eigenvalue weighted by atomic mass is 35.6. The first-order valence-electron chi connectivity index (χ1n) is 4.86. The van der Waals surface area contributed by atoms with Crippen molar-refractivity contribution in [3.8, 4) is 0 Å². The van der Waals surface area contributed by atoms with Crippen molar-refractivity contribution in [2.45, 2.75) is 29.9 Å². The van der Waals surface area contributed by atoms with Crippen molar-refractivity contribution in [1.82, 2.24) is 8.54 Å². The lowest BCUT2D eigenvalue weighted by Gasteiger charge is -2.18. The van der Waals surface area contributed by atoms with E-state index in [1.807, 2.05) is 0 Å². The van der Waals surface area contributed by atoms with Gasteiger partial charge in [-0.25, -0.2) is 8.77 Å². The highest BCUT2D eigenvalue weighted by molar-refractivity contribution is 8.03. The highest BCUT2D eigenvalue weighted by Gasteiger charge is 2.26. The monoisotopic (exact) mass is 350 g/mol. The molecule has 0 aliphatic rings. The summed E-state index contributed by atoms with van der Waals surface area (Å²) >= 11 is 23.5. The molecule has 0 saturated heterocycles. The van der Waals surface area contributed by atoms with E-state index < -0.39 is 14.4 Å². The molecule has 0 amide bonds. The number of rotatable bonds is 2. The zero-order valence-corrected chi connectivity index (χ0v) is 13.5. The van der Waals surface area contributed by atoms with Gasteiger partial charge in [0.15, 0.2) is 0 Å². The number of hydrogen-bond donors (Lipinski definition) is 0. The summed E-state index contributed by atoms with van der Waals surface area (Å²) in [6.07, 6.45) is 0. The van der Waals surface area contributed by atoms with E-state index in [1.54, 1.807) is 13.8 Å². The third-order valence-corrected chi connectivity index (χ3v) is 4.00. The molecule has 0 N–H and O–H groups in total. The standard InChI is InChI=1S/C9H10Cl4N2O2S/c1-4(2)14-7(16)6(10)5(3)15(8(14)17)18-9(11,12)13/h4H,1-3H3. The predicted molar refractivity (Wildman–Crippen MR) is 78.4 cm³/mol. The molecule has 0 aliphatic heterocycles. The van der Waals surface area contributed by atoms with Gasteiger partial charge in [0.05, 0.1) is 5.69 Å². The van der Waals surface area contributed by atoms with Gasteiger partial charge in [-0.2, -0.15) is 0 Å². The van der Waals surface area contributed by atoms with Crippen LogP contribution in [-0.4, -0.2) is 11.7 Å². The molecule has 0 aromatic carbocycles. The van der Waals surface area contributed by atoms with Crippen LogP contribution in [0.5, 0.6) is 0 Å². The Morgan fingerprint density at radius 1 is 1.22 bits per heavy atom. The summed E-state index contributed by atoms with van der Waals surface area (Å²) in [6, 6.07) is -0.342. The van der Waals surface area contributed by atoms with E-state index in [4.69, 9.17) is 46.4 Å². The van der Waals surface area contributed by atoms with Gasteiger partial charge in [0.1, 0.15) is 5.02 Å². The molecule has 0 bridgehead atoms. The van der Waals surface area contributed by atoms with E-state index in [0.717, 1.165) is 8.54 Å². The SMILES string of the molecule is Cc1c(Cl)c(=O)n(C(C)C)c(=O)n1SC(Cl)(Cl)Cl. The van der Waals surface area contributed by atoms with Crippen molar-refractivity contribution in [3.63, 3.8) is 0 Å². The first kappa shape index (κ1) is 16.2. The van der Waals surface area contributed by atoms with Crippen LogP contribution in [0.15, 0.2) is 9.59 Å². The quantitative estimate of drug-likeness (QED) is 0.767. The lowest BCUT2D eigenvalue weighted by Crippen LogP contribution is -2.41. The topological polar surface area (TPSA) is 44.0 Å². The Hall–Kier alpha value is 0.190. The Labute approximate surface area is 128 Å². The van der Waals surface area contributed by atoms with Gasteiger partial charge < -0.3 is 0 Å². The van der Waals surface area contributed by atoms with E-state index in [1.165, 1.54) is 6.92 Å². The molecule has 0 radical (unpaired) electrons. The molecule has 0 aliphatic carbocycles. The fourth-order valence-electron chi connectivity index (χ4n) is 1.34. The van der Waals surface area contributed by atoms with Crippen molar-refractivity contribution >= 4 is 58.4 Å². The largest absolute Gasteiger partial charge is 0.341 e. The number of alkyl halides is 3. The van der Waals surface area contributed by atoms with Crippen molar-refractivity contribution in [1.29, 1.82) is 0 Å². The zero-order chi connectivity index (χ0) is 14.2. The van der Waals surface area contributed by atoms with E-state index in [0.29, 0.717) is 11.9 Å². The molecule has 0 spiro atoms. The van der Waals surface area contributed by atoms with Crippen molar-refractivity contribution < 1.29 is 0 Å². The molecule has 4 nitrogen and oxygen atoms in total. The maximum atomic E-state index is 12.2. The molecule has 1 heterocycles. The second kappa shape index (κ2) is 5.67. The van der Waals surface area contributed by atoms with Crippen LogP contribution in [-0.2, 0) is 0 Å². The minimum Gasteiger partial charge on any atom is -0.267 e. The Bertz CT molecular complexity index is 574. The Balaban J connectivity index is 3.64. The van der Waals surface area contributed by atoms with E-state index >= 15 is 0 Å². The van der Waals surface area contributed by atoms with Gasteiger partial charge in [-0.05, 0) is 20.8 Å². The van der Waals surface area contributed by atoms with Crippen LogP contribution in [0, 0.1) is 6.92 Å². The maximum Gasteiger partial charge on any atom is 0.341 e. The average molecular weight is 352 g/mol. The smallest absolute Gasteiger partial charge is 0.267 e. The fraction of sp³-hybridized carbons (Fsp3) is 0.556. The highest BCUT2D eigenvalue weighted by Crippen LogP contribution is 2.39. The Kier molecular flexibility index (Phi) is 5.12. The second-order valence-corrected chi connectivity index (χ2v) is 8.27. The van der Waals surface area contributed by atoms with Gasteiger partial charge in [-0.3, -0.25) is 9.36 Å². The maximum absolute atomic E-state index is 12.2. The molecule has 1 aromatic rings. The van der Waals surface area contributed by atoms with Crippen molar-refractivity contribution in [3.05, 3.63) is 31.6 Å². The molecule has 0 unspecified atom stereocenters. The number of aromatic nitrogens is 2. The molecule has 102 valence electrons. The van der Waals surface area contributed by atoms with Gasteiger partial charge in [0, 0.05) is 18.0 Å². The second-order valence-electron chi connectivity index (χ2n) is 3.78. The predicted octanol–water partition coefficient (Wildman–Crippen LogP) is 3.38. The number of halogens is 4. The summed E-state index contributed by atoms with van der Waals surface area (Å²) < 4.78 is 0.395. The summed E-state index contributed by atoms with van der Waals surface area (Å²) in [5, 5.41) is -0.0648. The molecule has 0 atom stereocenters. The molecule has 0 saturated carbocycles. The summed E-state index contributed by atoms with van der Waals surface area (Å²) in [4.78, 5) is 24.0. The molecule has 9 heteroatoms. The summed E-state index contributed by atoms with van der Waals surface area (Å²) in [7, 11) is 0. The molecular formula is C9H10Cl4N2O2S. The Morgan fingerprint density at radius 3 is 2.11 bits per heavy atom. The lowest BCUT2D eigenvalue weighted by molar-refractivity contribution is 0.539. The van der Waals surface area contributed by atoms with Gasteiger partial charge >= 0.3 is 5.69 Å². The van der Waals surface area contributed by atoms with Crippen LogP contribution in [0.2, 0.25) is 5.02 Å². The van der Waals surface area contributed by atoms with Gasteiger partial charge in [-0.15, -0.1) is 0 Å². The fourth-order valence-corrected chi connectivity index (χ4v) is 2.79. The van der Waals surface area contributed by atoms with E-state index in [9.17, 15) is 9.59 Å². The van der Waals surface area contributed by atoms with Crippen LogP contribution >= 0.6 is 58.4 Å². The average Bonchev–Trinajstić information content (AvgIpc) is 2.20. The van der Waals surface area contributed by atoms with Crippen LogP contribution < -0.4 is 11.2 Å². The van der Waals surface area contributed by atoms with Crippen LogP contribution in [0.1, 0.15) is 25.6 Å². The lowest BCUT2D eigenvalue weighted by atomic mass is 10.3. The zero-order valence-electron chi connectivity index (χ0n) is 9.71. The van der Waals surface area contributed by atoms with Crippen LogP contribution in [0.3, 0.4) is 0 Å². The summed E-state index contributed by atoms with van der Waals surface area (Å²) in [6.45, 7) is 4.90. The first-order valence-corrected chi connectivity index (χ1v) is 7.14. The van der Waals surface area contributed by atoms with E-state index in [2.05, 4.69) is 0 Å².